The first-order valence-electron chi connectivity index (χ1n) is 6.59. The van der Waals surface area contributed by atoms with E-state index >= 15 is 0 Å². The molecule has 19 heavy (non-hydrogen) atoms. The quantitative estimate of drug-likeness (QED) is 0.897. The molecule has 0 aromatic carbocycles. The van der Waals surface area contributed by atoms with Gasteiger partial charge in [0.25, 0.3) is 0 Å². The van der Waals surface area contributed by atoms with Crippen LogP contribution in [0.1, 0.15) is 43.5 Å². The highest BCUT2D eigenvalue weighted by molar-refractivity contribution is 7.09. The van der Waals surface area contributed by atoms with Crippen molar-refractivity contribution in [2.24, 2.45) is 11.7 Å². The smallest absolute Gasteiger partial charge is 0.223 e. The number of halogens is 1. The standard InChI is InChI=1S/C13H21N3OS.ClH/c1-9(13-15-5-6-18-13)8-16-12(17)10-3-2-4-11(14)7-10;/h5-6,9-11H,2-4,7-8,14H2,1H3,(H,16,17);1H. The van der Waals surface area contributed by atoms with Crippen LogP contribution in [0.15, 0.2) is 11.6 Å². The summed E-state index contributed by atoms with van der Waals surface area (Å²) in [6.45, 7) is 2.75. The lowest BCUT2D eigenvalue weighted by Crippen LogP contribution is -2.38. The zero-order chi connectivity index (χ0) is 13.0. The SMILES string of the molecule is CC(CNC(=O)C1CCCC(N)C1)c1nccs1.Cl. The van der Waals surface area contributed by atoms with Gasteiger partial charge in [-0.25, -0.2) is 4.98 Å². The van der Waals surface area contributed by atoms with Crippen molar-refractivity contribution < 1.29 is 4.79 Å². The second kappa shape index (κ2) is 7.82. The molecular weight excluding hydrogens is 282 g/mol. The lowest BCUT2D eigenvalue weighted by molar-refractivity contribution is -0.126. The summed E-state index contributed by atoms with van der Waals surface area (Å²) in [5.41, 5.74) is 5.91. The van der Waals surface area contributed by atoms with Crippen LogP contribution >= 0.6 is 23.7 Å². The summed E-state index contributed by atoms with van der Waals surface area (Å²) < 4.78 is 0. The second-order valence-corrected chi connectivity index (χ2v) is 6.07. The van der Waals surface area contributed by atoms with E-state index in [4.69, 9.17) is 5.73 Å². The number of thiazole rings is 1. The number of hydrogen-bond donors (Lipinski definition) is 2. The molecular formula is C13H22ClN3OS. The van der Waals surface area contributed by atoms with Crippen LogP contribution in [-0.2, 0) is 4.79 Å². The molecule has 1 saturated carbocycles. The number of nitrogens with two attached hydrogens (primary N) is 1. The highest BCUT2D eigenvalue weighted by Crippen LogP contribution is 2.23. The van der Waals surface area contributed by atoms with Gasteiger partial charge in [-0.2, -0.15) is 0 Å². The molecule has 3 N–H and O–H groups in total. The molecule has 1 aliphatic carbocycles. The minimum absolute atomic E-state index is 0. The molecule has 0 aliphatic heterocycles. The van der Waals surface area contributed by atoms with Crippen molar-refractivity contribution in [2.45, 2.75) is 44.6 Å². The molecule has 2 rings (SSSR count). The summed E-state index contributed by atoms with van der Waals surface area (Å²) in [5, 5.41) is 6.08. The fourth-order valence-electron chi connectivity index (χ4n) is 2.43. The Hall–Kier alpha value is -0.650. The maximum atomic E-state index is 12.0. The normalized spacial score (nSPS) is 24.3. The number of amides is 1. The average molecular weight is 304 g/mol. The minimum Gasteiger partial charge on any atom is -0.355 e. The molecule has 1 aromatic heterocycles. The number of hydrogen-bond acceptors (Lipinski definition) is 4. The van der Waals surface area contributed by atoms with Gasteiger partial charge in [-0.1, -0.05) is 13.3 Å². The van der Waals surface area contributed by atoms with E-state index in [-0.39, 0.29) is 36.2 Å². The van der Waals surface area contributed by atoms with Crippen LogP contribution < -0.4 is 11.1 Å². The van der Waals surface area contributed by atoms with Crippen LogP contribution in [0, 0.1) is 5.92 Å². The zero-order valence-corrected chi connectivity index (χ0v) is 12.8. The van der Waals surface area contributed by atoms with E-state index in [2.05, 4.69) is 17.2 Å². The third-order valence-corrected chi connectivity index (χ3v) is 4.55. The highest BCUT2D eigenvalue weighted by atomic mass is 35.5. The van der Waals surface area contributed by atoms with Gasteiger partial charge in [-0.15, -0.1) is 23.7 Å². The average Bonchev–Trinajstić information content (AvgIpc) is 2.89. The van der Waals surface area contributed by atoms with Gasteiger partial charge >= 0.3 is 0 Å². The van der Waals surface area contributed by atoms with E-state index in [9.17, 15) is 4.79 Å². The number of nitrogens with one attached hydrogen (secondary N) is 1. The van der Waals surface area contributed by atoms with E-state index in [0.717, 1.165) is 30.7 Å². The van der Waals surface area contributed by atoms with Gasteiger partial charge in [0.2, 0.25) is 5.91 Å². The molecule has 1 amide bonds. The summed E-state index contributed by atoms with van der Waals surface area (Å²) in [6.07, 6.45) is 5.74. The number of rotatable bonds is 4. The maximum Gasteiger partial charge on any atom is 0.223 e. The summed E-state index contributed by atoms with van der Waals surface area (Å²) >= 11 is 1.64. The molecule has 3 unspecified atom stereocenters. The first kappa shape index (κ1) is 16.4. The van der Waals surface area contributed by atoms with Crippen LogP contribution in [-0.4, -0.2) is 23.5 Å². The highest BCUT2D eigenvalue weighted by Gasteiger charge is 2.25. The first-order valence-corrected chi connectivity index (χ1v) is 7.47. The summed E-state index contributed by atoms with van der Waals surface area (Å²) in [4.78, 5) is 16.3. The third kappa shape index (κ3) is 4.75. The van der Waals surface area contributed by atoms with E-state index in [1.807, 2.05) is 5.38 Å². The van der Waals surface area contributed by atoms with Gasteiger partial charge in [-0.05, 0) is 19.3 Å². The lowest BCUT2D eigenvalue weighted by Gasteiger charge is -2.26. The molecule has 1 fully saturated rings. The molecule has 6 heteroatoms. The van der Waals surface area contributed by atoms with Crippen molar-refractivity contribution in [2.75, 3.05) is 6.54 Å². The molecule has 108 valence electrons. The number of nitrogens with zero attached hydrogens (tertiary/aromatic N) is 1. The molecule has 4 nitrogen and oxygen atoms in total. The Bertz CT molecular complexity index is 385. The second-order valence-electron chi connectivity index (χ2n) is 5.14. The molecule has 0 spiro atoms. The third-order valence-electron chi connectivity index (χ3n) is 3.54. The molecule has 1 aromatic rings. The predicted octanol–water partition coefficient (Wildman–Crippen LogP) is 2.30. The Morgan fingerprint density at radius 2 is 2.42 bits per heavy atom. The first-order chi connectivity index (χ1) is 8.66. The largest absolute Gasteiger partial charge is 0.355 e. The summed E-state index contributed by atoms with van der Waals surface area (Å²) in [6, 6.07) is 0.200. The van der Waals surface area contributed by atoms with Crippen molar-refractivity contribution >= 4 is 29.7 Å². The molecule has 3 atom stereocenters. The fraction of sp³-hybridized carbons (Fsp3) is 0.692. The van der Waals surface area contributed by atoms with Crippen LogP contribution in [0.5, 0.6) is 0 Å². The summed E-state index contributed by atoms with van der Waals surface area (Å²) in [5.74, 6) is 0.553. The molecule has 0 radical (unpaired) electrons. The Kier molecular flexibility index (Phi) is 6.75. The lowest BCUT2D eigenvalue weighted by atomic mass is 9.85. The van der Waals surface area contributed by atoms with Crippen LogP contribution in [0.4, 0.5) is 0 Å². The van der Waals surface area contributed by atoms with Gasteiger partial charge in [0.15, 0.2) is 0 Å². The number of carbonyl (C=O) groups excluding carboxylic acids is 1. The predicted molar refractivity (Wildman–Crippen MR) is 80.7 cm³/mol. The Morgan fingerprint density at radius 1 is 1.63 bits per heavy atom. The van der Waals surface area contributed by atoms with Crippen molar-refractivity contribution in [3.05, 3.63) is 16.6 Å². The van der Waals surface area contributed by atoms with Crippen LogP contribution in [0.25, 0.3) is 0 Å². The Morgan fingerprint density at radius 3 is 3.05 bits per heavy atom. The molecule has 0 bridgehead atoms. The van der Waals surface area contributed by atoms with E-state index in [1.54, 1.807) is 17.5 Å². The number of carbonyl (C=O) groups is 1. The molecule has 1 aliphatic rings. The van der Waals surface area contributed by atoms with Crippen molar-refractivity contribution in [1.82, 2.24) is 10.3 Å². The van der Waals surface area contributed by atoms with Gasteiger partial charge in [0.05, 0.1) is 5.01 Å². The van der Waals surface area contributed by atoms with E-state index in [1.165, 1.54) is 0 Å². The van der Waals surface area contributed by atoms with Crippen LogP contribution in [0.2, 0.25) is 0 Å². The summed E-state index contributed by atoms with van der Waals surface area (Å²) in [7, 11) is 0. The zero-order valence-electron chi connectivity index (χ0n) is 11.2. The van der Waals surface area contributed by atoms with E-state index < -0.39 is 0 Å². The van der Waals surface area contributed by atoms with Gasteiger partial charge in [-0.3, -0.25) is 4.79 Å². The van der Waals surface area contributed by atoms with Gasteiger partial charge in [0, 0.05) is 36.0 Å². The van der Waals surface area contributed by atoms with Crippen LogP contribution in [0.3, 0.4) is 0 Å². The fourth-order valence-corrected chi connectivity index (χ4v) is 3.13. The number of aromatic nitrogens is 1. The monoisotopic (exact) mass is 303 g/mol. The van der Waals surface area contributed by atoms with Gasteiger partial charge in [0.1, 0.15) is 0 Å². The Labute approximate surface area is 124 Å². The molecule has 0 saturated heterocycles. The maximum absolute atomic E-state index is 12.0. The van der Waals surface area contributed by atoms with Gasteiger partial charge < -0.3 is 11.1 Å². The van der Waals surface area contributed by atoms with E-state index in [0.29, 0.717) is 6.54 Å². The minimum atomic E-state index is 0. The van der Waals surface area contributed by atoms with Crippen molar-refractivity contribution in [3.63, 3.8) is 0 Å². The molecule has 1 heterocycles. The topological polar surface area (TPSA) is 68.0 Å². The van der Waals surface area contributed by atoms with Crippen molar-refractivity contribution in [1.29, 1.82) is 0 Å². The van der Waals surface area contributed by atoms with Crippen molar-refractivity contribution in [3.8, 4) is 0 Å². The Balaban J connectivity index is 0.00000180.